The number of hydrogen-bond donors (Lipinski definition) is 1. The molecule has 1 N–H and O–H groups in total. The normalized spacial score (nSPS) is 12.1. The number of anilines is 1. The summed E-state index contributed by atoms with van der Waals surface area (Å²) in [6.07, 6.45) is 1.02. The standard InChI is InChI=1S/C23H29Cl2N3O5S/c1-5-26-23(30)16(3)27(14-17-7-8-18(24)13-21(17)25)22(29)15-28(34(4,31)32)19-9-11-20(12-10-19)33-6-2/h7-13,16H,5-6,14-15H2,1-4H3,(H,26,30)/t16-/m0/s1. The third-order valence-electron chi connectivity index (χ3n) is 4.99. The number of nitrogens with one attached hydrogen (secondary N) is 1. The summed E-state index contributed by atoms with van der Waals surface area (Å²) in [7, 11) is -3.81. The van der Waals surface area contributed by atoms with Crippen LogP contribution in [0.3, 0.4) is 0 Å². The van der Waals surface area contributed by atoms with Gasteiger partial charge in [-0.1, -0.05) is 29.3 Å². The van der Waals surface area contributed by atoms with Crippen molar-refractivity contribution in [3.8, 4) is 5.75 Å². The van der Waals surface area contributed by atoms with Gasteiger partial charge in [-0.2, -0.15) is 0 Å². The van der Waals surface area contributed by atoms with Crippen molar-refractivity contribution in [1.82, 2.24) is 10.2 Å². The molecule has 0 spiro atoms. The van der Waals surface area contributed by atoms with Crippen molar-refractivity contribution >= 4 is 50.7 Å². The number of halogens is 2. The number of rotatable bonds is 11. The average molecular weight is 530 g/mol. The molecule has 2 amide bonds. The number of nitrogens with zero attached hydrogens (tertiary/aromatic N) is 2. The number of likely N-dealkylation sites (N-methyl/N-ethyl adjacent to an activating group) is 1. The Balaban J connectivity index is 2.39. The van der Waals surface area contributed by atoms with Crippen LogP contribution in [0.2, 0.25) is 10.0 Å². The molecule has 11 heteroatoms. The van der Waals surface area contributed by atoms with Crippen molar-refractivity contribution in [2.75, 3.05) is 30.3 Å². The van der Waals surface area contributed by atoms with E-state index in [1.54, 1.807) is 56.3 Å². The number of carbonyl (C=O) groups is 2. The van der Waals surface area contributed by atoms with Gasteiger partial charge in [-0.3, -0.25) is 13.9 Å². The van der Waals surface area contributed by atoms with E-state index in [0.29, 0.717) is 40.2 Å². The Bertz CT molecular complexity index is 1110. The van der Waals surface area contributed by atoms with Crippen molar-refractivity contribution < 1.29 is 22.7 Å². The van der Waals surface area contributed by atoms with Crippen LogP contribution in [-0.4, -0.2) is 57.1 Å². The average Bonchev–Trinajstić information content (AvgIpc) is 2.76. The second-order valence-electron chi connectivity index (χ2n) is 7.52. The van der Waals surface area contributed by atoms with Gasteiger partial charge in [-0.15, -0.1) is 0 Å². The number of carbonyl (C=O) groups excluding carboxylic acids is 2. The van der Waals surface area contributed by atoms with Crippen LogP contribution >= 0.6 is 23.2 Å². The van der Waals surface area contributed by atoms with Crippen LogP contribution < -0.4 is 14.4 Å². The van der Waals surface area contributed by atoms with Crippen LogP contribution in [0.5, 0.6) is 5.75 Å². The SMILES string of the molecule is CCNC(=O)[C@H](C)N(Cc1ccc(Cl)cc1Cl)C(=O)CN(c1ccc(OCC)cc1)S(C)(=O)=O. The van der Waals surface area contributed by atoms with E-state index in [1.165, 1.54) is 4.90 Å². The zero-order valence-corrected chi connectivity index (χ0v) is 21.9. The molecule has 0 saturated heterocycles. The summed E-state index contributed by atoms with van der Waals surface area (Å²) in [5.41, 5.74) is 0.872. The van der Waals surface area contributed by atoms with Crippen LogP contribution in [0.25, 0.3) is 0 Å². The van der Waals surface area contributed by atoms with Gasteiger partial charge in [0.1, 0.15) is 18.3 Å². The number of amides is 2. The number of sulfonamides is 1. The predicted molar refractivity (Wildman–Crippen MR) is 135 cm³/mol. The molecule has 2 aromatic carbocycles. The summed E-state index contributed by atoms with van der Waals surface area (Å²) in [6.45, 7) is 5.53. The number of hydrogen-bond acceptors (Lipinski definition) is 5. The summed E-state index contributed by atoms with van der Waals surface area (Å²) in [5, 5.41) is 3.46. The fourth-order valence-corrected chi connectivity index (χ4v) is 4.54. The first-order valence-electron chi connectivity index (χ1n) is 10.7. The lowest BCUT2D eigenvalue weighted by Crippen LogP contribution is -2.51. The zero-order valence-electron chi connectivity index (χ0n) is 19.5. The van der Waals surface area contributed by atoms with E-state index >= 15 is 0 Å². The maximum absolute atomic E-state index is 13.4. The topological polar surface area (TPSA) is 96.0 Å². The van der Waals surface area contributed by atoms with Crippen molar-refractivity contribution in [1.29, 1.82) is 0 Å². The van der Waals surface area contributed by atoms with E-state index < -0.39 is 28.5 Å². The Morgan fingerprint density at radius 1 is 1.09 bits per heavy atom. The first kappa shape index (κ1) is 27.8. The van der Waals surface area contributed by atoms with E-state index in [1.807, 2.05) is 6.92 Å². The smallest absolute Gasteiger partial charge is 0.244 e. The van der Waals surface area contributed by atoms with E-state index in [9.17, 15) is 18.0 Å². The monoisotopic (exact) mass is 529 g/mol. The lowest BCUT2D eigenvalue weighted by atomic mass is 10.1. The van der Waals surface area contributed by atoms with Gasteiger partial charge in [0.25, 0.3) is 0 Å². The van der Waals surface area contributed by atoms with Gasteiger partial charge in [0, 0.05) is 23.1 Å². The Hall–Kier alpha value is -2.49. The van der Waals surface area contributed by atoms with Gasteiger partial charge in [-0.05, 0) is 62.7 Å². The first-order chi connectivity index (χ1) is 16.0. The minimum atomic E-state index is -3.81. The first-order valence-corrected chi connectivity index (χ1v) is 13.3. The van der Waals surface area contributed by atoms with Crippen LogP contribution in [0.4, 0.5) is 5.69 Å². The summed E-state index contributed by atoms with van der Waals surface area (Å²) >= 11 is 12.3. The molecule has 0 bridgehead atoms. The summed E-state index contributed by atoms with van der Waals surface area (Å²) in [6, 6.07) is 10.3. The molecule has 2 aromatic rings. The van der Waals surface area contributed by atoms with E-state index in [-0.39, 0.29) is 12.5 Å². The molecule has 0 saturated carbocycles. The highest BCUT2D eigenvalue weighted by Gasteiger charge is 2.30. The molecule has 0 unspecified atom stereocenters. The maximum Gasteiger partial charge on any atom is 0.244 e. The van der Waals surface area contributed by atoms with Crippen molar-refractivity contribution in [2.24, 2.45) is 0 Å². The molecule has 1 atom stereocenters. The highest BCUT2D eigenvalue weighted by molar-refractivity contribution is 7.92. The summed E-state index contributed by atoms with van der Waals surface area (Å²) in [4.78, 5) is 27.3. The molecule has 0 radical (unpaired) electrons. The molecule has 0 aliphatic rings. The Morgan fingerprint density at radius 2 is 1.74 bits per heavy atom. The van der Waals surface area contributed by atoms with Crippen molar-refractivity contribution in [3.63, 3.8) is 0 Å². The van der Waals surface area contributed by atoms with Crippen molar-refractivity contribution in [3.05, 3.63) is 58.1 Å². The highest BCUT2D eigenvalue weighted by atomic mass is 35.5. The van der Waals surface area contributed by atoms with Gasteiger partial charge in [0.2, 0.25) is 21.8 Å². The molecular formula is C23H29Cl2N3O5S. The molecule has 0 aliphatic heterocycles. The van der Waals surface area contributed by atoms with E-state index in [2.05, 4.69) is 5.32 Å². The lowest BCUT2D eigenvalue weighted by molar-refractivity contribution is -0.139. The molecule has 0 heterocycles. The molecule has 8 nitrogen and oxygen atoms in total. The second kappa shape index (κ2) is 12.3. The fourth-order valence-electron chi connectivity index (χ4n) is 3.23. The van der Waals surface area contributed by atoms with Gasteiger partial charge >= 0.3 is 0 Å². The van der Waals surface area contributed by atoms with Crippen LogP contribution in [0.15, 0.2) is 42.5 Å². The minimum Gasteiger partial charge on any atom is -0.494 e. The van der Waals surface area contributed by atoms with Crippen LogP contribution in [-0.2, 0) is 26.2 Å². The maximum atomic E-state index is 13.4. The third kappa shape index (κ3) is 7.51. The molecule has 2 rings (SSSR count). The lowest BCUT2D eigenvalue weighted by Gasteiger charge is -2.31. The highest BCUT2D eigenvalue weighted by Crippen LogP contribution is 2.25. The van der Waals surface area contributed by atoms with Gasteiger partial charge in [0.05, 0.1) is 18.6 Å². The zero-order chi connectivity index (χ0) is 25.5. The molecular weight excluding hydrogens is 501 g/mol. The van der Waals surface area contributed by atoms with Crippen molar-refractivity contribution in [2.45, 2.75) is 33.4 Å². The Labute approximate surface area is 210 Å². The minimum absolute atomic E-state index is 0.00594. The Morgan fingerprint density at radius 3 is 2.26 bits per heavy atom. The molecule has 0 aliphatic carbocycles. The Kier molecular flexibility index (Phi) is 10.0. The largest absolute Gasteiger partial charge is 0.494 e. The third-order valence-corrected chi connectivity index (χ3v) is 6.72. The van der Waals surface area contributed by atoms with Gasteiger partial charge in [0.15, 0.2) is 0 Å². The van der Waals surface area contributed by atoms with E-state index in [4.69, 9.17) is 27.9 Å². The van der Waals surface area contributed by atoms with Gasteiger partial charge < -0.3 is 15.0 Å². The molecule has 0 fully saturated rings. The fraction of sp³-hybridized carbons (Fsp3) is 0.391. The second-order valence-corrected chi connectivity index (χ2v) is 10.3. The molecule has 0 aromatic heterocycles. The van der Waals surface area contributed by atoms with Crippen LogP contribution in [0.1, 0.15) is 26.3 Å². The number of benzene rings is 2. The number of ether oxygens (including phenoxy) is 1. The summed E-state index contributed by atoms with van der Waals surface area (Å²) < 4.78 is 31.5. The molecule has 186 valence electrons. The summed E-state index contributed by atoms with van der Waals surface area (Å²) in [5.74, 6) is -0.355. The predicted octanol–water partition coefficient (Wildman–Crippen LogP) is 3.71. The quantitative estimate of drug-likeness (QED) is 0.478. The molecule has 34 heavy (non-hydrogen) atoms. The van der Waals surface area contributed by atoms with Crippen LogP contribution in [0, 0.1) is 0 Å². The van der Waals surface area contributed by atoms with Gasteiger partial charge in [-0.25, -0.2) is 8.42 Å². The van der Waals surface area contributed by atoms with E-state index in [0.717, 1.165) is 10.6 Å².